The third-order valence-electron chi connectivity index (χ3n) is 4.02. The first-order valence-electron chi connectivity index (χ1n) is 6.61. The minimum absolute atomic E-state index is 0.0298. The van der Waals surface area contributed by atoms with Crippen LogP contribution in [0.1, 0.15) is 26.7 Å². The number of carbonyl (C=O) groups excluding carboxylic acids is 2. The molecule has 0 aliphatic carbocycles. The first-order valence-corrected chi connectivity index (χ1v) is 6.61. The molecule has 0 aromatic rings. The second kappa shape index (κ2) is 6.18. The molecule has 0 radical (unpaired) electrons. The maximum absolute atomic E-state index is 12.6. The Morgan fingerprint density at radius 1 is 1.44 bits per heavy atom. The van der Waals surface area contributed by atoms with E-state index in [-0.39, 0.29) is 17.2 Å². The smallest absolute Gasteiger partial charge is 0.230 e. The molecule has 0 spiro atoms. The molecule has 1 atom stereocenters. The van der Waals surface area contributed by atoms with Crippen molar-refractivity contribution >= 4 is 11.8 Å². The molecule has 2 amide bonds. The fourth-order valence-electron chi connectivity index (χ4n) is 2.51. The summed E-state index contributed by atoms with van der Waals surface area (Å²) in [5.41, 5.74) is -0.294. The Bertz CT molecular complexity index is 309. The molecule has 2 N–H and O–H groups in total. The Morgan fingerprint density at radius 2 is 2.11 bits per heavy atom. The first-order chi connectivity index (χ1) is 8.44. The van der Waals surface area contributed by atoms with Crippen molar-refractivity contribution in [2.45, 2.75) is 26.7 Å². The quantitative estimate of drug-likeness (QED) is 0.738. The van der Waals surface area contributed by atoms with Gasteiger partial charge in [-0.25, -0.2) is 0 Å². The van der Waals surface area contributed by atoms with Crippen molar-refractivity contribution in [3.8, 4) is 0 Å². The predicted molar refractivity (Wildman–Crippen MR) is 71.1 cm³/mol. The number of amides is 2. The molecule has 0 saturated carbocycles. The molecule has 5 heteroatoms. The zero-order chi connectivity index (χ0) is 13.8. The van der Waals surface area contributed by atoms with E-state index in [4.69, 9.17) is 0 Å². The summed E-state index contributed by atoms with van der Waals surface area (Å²) in [6, 6.07) is 0. The van der Waals surface area contributed by atoms with Gasteiger partial charge in [-0.1, -0.05) is 13.8 Å². The normalized spacial score (nSPS) is 23.2. The number of hydrogen-bond acceptors (Lipinski definition) is 3. The van der Waals surface area contributed by atoms with Crippen LogP contribution in [0, 0.1) is 11.3 Å². The lowest BCUT2D eigenvalue weighted by molar-refractivity contribution is -0.142. The van der Waals surface area contributed by atoms with Crippen molar-refractivity contribution < 1.29 is 9.59 Å². The topological polar surface area (TPSA) is 61.4 Å². The van der Waals surface area contributed by atoms with Crippen molar-refractivity contribution in [3.05, 3.63) is 0 Å². The fraction of sp³-hybridized carbons (Fsp3) is 0.846. The van der Waals surface area contributed by atoms with Crippen LogP contribution in [0.3, 0.4) is 0 Å². The molecule has 0 aromatic carbocycles. The summed E-state index contributed by atoms with van der Waals surface area (Å²) >= 11 is 0. The van der Waals surface area contributed by atoms with Crippen LogP contribution < -0.4 is 10.6 Å². The molecule has 1 unspecified atom stereocenters. The van der Waals surface area contributed by atoms with Gasteiger partial charge in [0.05, 0.1) is 5.41 Å². The Morgan fingerprint density at radius 3 is 2.56 bits per heavy atom. The van der Waals surface area contributed by atoms with E-state index in [0.29, 0.717) is 18.9 Å². The van der Waals surface area contributed by atoms with Crippen LogP contribution in [0.15, 0.2) is 0 Å². The number of hydrogen-bond donors (Lipinski definition) is 2. The minimum atomic E-state index is -0.294. The molecule has 0 bridgehead atoms. The molecule has 0 aromatic heterocycles. The lowest BCUT2D eigenvalue weighted by Crippen LogP contribution is -2.47. The summed E-state index contributed by atoms with van der Waals surface area (Å²) in [5.74, 6) is 0.437. The lowest BCUT2D eigenvalue weighted by Gasteiger charge is -2.35. The average Bonchev–Trinajstić information content (AvgIpc) is 2.84. The van der Waals surface area contributed by atoms with Gasteiger partial charge in [-0.15, -0.1) is 0 Å². The second-order valence-electron chi connectivity index (χ2n) is 5.39. The Labute approximate surface area is 109 Å². The highest BCUT2D eigenvalue weighted by atomic mass is 16.2. The molecule has 1 heterocycles. The fourth-order valence-corrected chi connectivity index (χ4v) is 2.51. The van der Waals surface area contributed by atoms with Gasteiger partial charge in [-0.2, -0.15) is 0 Å². The third-order valence-corrected chi connectivity index (χ3v) is 4.02. The Hall–Kier alpha value is -1.10. The van der Waals surface area contributed by atoms with Gasteiger partial charge in [0.25, 0.3) is 0 Å². The van der Waals surface area contributed by atoms with E-state index in [1.165, 1.54) is 0 Å². The molecule has 104 valence electrons. The van der Waals surface area contributed by atoms with Crippen LogP contribution in [0.5, 0.6) is 0 Å². The zero-order valence-electron chi connectivity index (χ0n) is 11.9. The van der Waals surface area contributed by atoms with Crippen LogP contribution in [-0.4, -0.2) is 50.4 Å². The molecule has 1 saturated heterocycles. The van der Waals surface area contributed by atoms with E-state index in [2.05, 4.69) is 24.5 Å². The van der Waals surface area contributed by atoms with Crippen molar-refractivity contribution in [1.82, 2.24) is 15.5 Å². The third kappa shape index (κ3) is 3.02. The summed E-state index contributed by atoms with van der Waals surface area (Å²) in [6.45, 7) is 6.31. The van der Waals surface area contributed by atoms with Crippen molar-refractivity contribution in [2.24, 2.45) is 11.3 Å². The maximum Gasteiger partial charge on any atom is 0.230 e. The molecular formula is C13H25N3O2. The number of carbonyl (C=O) groups is 2. The molecule has 1 fully saturated rings. The van der Waals surface area contributed by atoms with Crippen LogP contribution in [0.25, 0.3) is 0 Å². The van der Waals surface area contributed by atoms with E-state index in [0.717, 1.165) is 19.5 Å². The summed E-state index contributed by atoms with van der Waals surface area (Å²) in [4.78, 5) is 25.5. The highest BCUT2D eigenvalue weighted by Crippen LogP contribution is 2.35. The van der Waals surface area contributed by atoms with E-state index < -0.39 is 0 Å². The summed E-state index contributed by atoms with van der Waals surface area (Å²) in [5, 5.41) is 5.85. The maximum atomic E-state index is 12.6. The summed E-state index contributed by atoms with van der Waals surface area (Å²) < 4.78 is 0. The molecular weight excluding hydrogens is 230 g/mol. The summed E-state index contributed by atoms with van der Waals surface area (Å²) in [7, 11) is 3.40. The van der Waals surface area contributed by atoms with Crippen molar-refractivity contribution in [2.75, 3.05) is 33.7 Å². The van der Waals surface area contributed by atoms with E-state index >= 15 is 0 Å². The molecule has 1 aliphatic rings. The SMILES string of the molecule is CNC(=O)CCN(C)C(=O)C1(C(C)C)CCNC1. The van der Waals surface area contributed by atoms with Gasteiger partial charge in [-0.05, 0) is 18.9 Å². The Balaban J connectivity index is 2.63. The zero-order valence-corrected chi connectivity index (χ0v) is 11.9. The van der Waals surface area contributed by atoms with Crippen LogP contribution in [0.2, 0.25) is 0 Å². The lowest BCUT2D eigenvalue weighted by atomic mass is 9.75. The van der Waals surface area contributed by atoms with Gasteiger partial charge in [0.1, 0.15) is 0 Å². The summed E-state index contributed by atoms with van der Waals surface area (Å²) in [6.07, 6.45) is 1.24. The molecule has 1 rings (SSSR count). The molecule has 1 aliphatic heterocycles. The highest BCUT2D eigenvalue weighted by molar-refractivity contribution is 5.84. The van der Waals surface area contributed by atoms with Gasteiger partial charge < -0.3 is 15.5 Å². The first kappa shape index (κ1) is 15.0. The highest BCUT2D eigenvalue weighted by Gasteiger charge is 2.45. The average molecular weight is 255 g/mol. The standard InChI is InChI=1S/C13H25N3O2/c1-10(2)13(6-7-15-9-13)12(18)16(4)8-5-11(17)14-3/h10,15H,5-9H2,1-4H3,(H,14,17). The van der Waals surface area contributed by atoms with Gasteiger partial charge in [-0.3, -0.25) is 9.59 Å². The number of nitrogens with one attached hydrogen (secondary N) is 2. The minimum Gasteiger partial charge on any atom is -0.359 e. The largest absolute Gasteiger partial charge is 0.359 e. The van der Waals surface area contributed by atoms with E-state index in [9.17, 15) is 9.59 Å². The molecule has 5 nitrogen and oxygen atoms in total. The van der Waals surface area contributed by atoms with Crippen LogP contribution >= 0.6 is 0 Å². The van der Waals surface area contributed by atoms with Gasteiger partial charge in [0.15, 0.2) is 0 Å². The van der Waals surface area contributed by atoms with Crippen LogP contribution in [-0.2, 0) is 9.59 Å². The number of rotatable bonds is 5. The van der Waals surface area contributed by atoms with Crippen molar-refractivity contribution in [1.29, 1.82) is 0 Å². The van der Waals surface area contributed by atoms with Crippen LogP contribution in [0.4, 0.5) is 0 Å². The molecule has 18 heavy (non-hydrogen) atoms. The van der Waals surface area contributed by atoms with Gasteiger partial charge in [0, 0.05) is 33.6 Å². The Kier molecular flexibility index (Phi) is 5.14. The van der Waals surface area contributed by atoms with Gasteiger partial charge >= 0.3 is 0 Å². The van der Waals surface area contributed by atoms with E-state index in [1.54, 1.807) is 19.0 Å². The second-order valence-corrected chi connectivity index (χ2v) is 5.39. The van der Waals surface area contributed by atoms with E-state index in [1.807, 2.05) is 0 Å². The predicted octanol–water partition coefficient (Wildman–Crippen LogP) is 0.217. The number of nitrogens with zero attached hydrogens (tertiary/aromatic N) is 1. The monoisotopic (exact) mass is 255 g/mol. The van der Waals surface area contributed by atoms with Gasteiger partial charge in [0.2, 0.25) is 11.8 Å². The van der Waals surface area contributed by atoms with Crippen molar-refractivity contribution in [3.63, 3.8) is 0 Å².